The highest BCUT2D eigenvalue weighted by atomic mass is 16.1. The predicted octanol–water partition coefficient (Wildman–Crippen LogP) is 2.37. The van der Waals surface area contributed by atoms with E-state index in [0.29, 0.717) is 18.5 Å². The first kappa shape index (κ1) is 12.7. The summed E-state index contributed by atoms with van der Waals surface area (Å²) in [4.78, 5) is 16.2. The molecule has 4 heteroatoms. The third-order valence-electron chi connectivity index (χ3n) is 3.74. The molecule has 0 aliphatic carbocycles. The number of Topliss-reactive ketones (excluding diaryl/α,β-unsaturated/α-hetero) is 1. The maximum atomic E-state index is 12.2. The SMILES string of the molecule is Nc1ccncc1CC(=O)CC1CNc2ccccc21. The van der Waals surface area contributed by atoms with Crippen LogP contribution in [0.15, 0.2) is 42.7 Å². The lowest BCUT2D eigenvalue weighted by atomic mass is 9.93. The number of carbonyl (C=O) groups is 1. The molecule has 1 aliphatic heterocycles. The van der Waals surface area contributed by atoms with E-state index in [9.17, 15) is 4.79 Å². The van der Waals surface area contributed by atoms with Gasteiger partial charge in [-0.1, -0.05) is 18.2 Å². The molecule has 0 saturated heterocycles. The Morgan fingerprint density at radius 2 is 2.20 bits per heavy atom. The molecule has 3 N–H and O–H groups in total. The Morgan fingerprint density at radius 3 is 3.05 bits per heavy atom. The third-order valence-corrected chi connectivity index (χ3v) is 3.74. The van der Waals surface area contributed by atoms with E-state index in [4.69, 9.17) is 5.73 Å². The Kier molecular flexibility index (Phi) is 3.37. The van der Waals surface area contributed by atoms with Crippen LogP contribution in [0.5, 0.6) is 0 Å². The van der Waals surface area contributed by atoms with Gasteiger partial charge in [-0.25, -0.2) is 0 Å². The summed E-state index contributed by atoms with van der Waals surface area (Å²) in [5.41, 5.74) is 9.68. The lowest BCUT2D eigenvalue weighted by molar-refractivity contribution is -0.118. The number of anilines is 2. The van der Waals surface area contributed by atoms with E-state index in [1.54, 1.807) is 18.5 Å². The van der Waals surface area contributed by atoms with Gasteiger partial charge in [0.2, 0.25) is 0 Å². The number of para-hydroxylation sites is 1. The smallest absolute Gasteiger partial charge is 0.138 e. The fraction of sp³-hybridized carbons (Fsp3) is 0.250. The van der Waals surface area contributed by atoms with Crippen LogP contribution in [0.25, 0.3) is 0 Å². The average Bonchev–Trinajstić information content (AvgIpc) is 2.85. The van der Waals surface area contributed by atoms with Crippen molar-refractivity contribution >= 4 is 17.2 Å². The first-order valence-corrected chi connectivity index (χ1v) is 6.77. The summed E-state index contributed by atoms with van der Waals surface area (Å²) in [6, 6.07) is 9.90. The first-order chi connectivity index (χ1) is 9.74. The first-order valence-electron chi connectivity index (χ1n) is 6.77. The number of nitrogen functional groups attached to an aromatic ring is 1. The van der Waals surface area contributed by atoms with E-state index >= 15 is 0 Å². The summed E-state index contributed by atoms with van der Waals surface area (Å²) in [6.45, 7) is 0.827. The van der Waals surface area contributed by atoms with E-state index in [1.807, 2.05) is 12.1 Å². The minimum Gasteiger partial charge on any atom is -0.398 e. The molecule has 0 spiro atoms. The van der Waals surface area contributed by atoms with Crippen molar-refractivity contribution in [3.63, 3.8) is 0 Å². The van der Waals surface area contributed by atoms with Crippen LogP contribution < -0.4 is 11.1 Å². The number of ketones is 1. The lowest BCUT2D eigenvalue weighted by Crippen LogP contribution is -2.12. The van der Waals surface area contributed by atoms with Gasteiger partial charge >= 0.3 is 0 Å². The van der Waals surface area contributed by atoms with Gasteiger partial charge in [0.05, 0.1) is 0 Å². The number of hydrogen-bond acceptors (Lipinski definition) is 4. The van der Waals surface area contributed by atoms with Gasteiger partial charge in [-0.15, -0.1) is 0 Å². The van der Waals surface area contributed by atoms with Crippen LogP contribution in [-0.4, -0.2) is 17.3 Å². The Balaban J connectivity index is 1.68. The minimum absolute atomic E-state index is 0.202. The van der Waals surface area contributed by atoms with Crippen LogP contribution in [0, 0.1) is 0 Å². The second-order valence-electron chi connectivity index (χ2n) is 5.16. The van der Waals surface area contributed by atoms with Crippen molar-refractivity contribution in [2.45, 2.75) is 18.8 Å². The largest absolute Gasteiger partial charge is 0.398 e. The molecule has 1 atom stereocenters. The van der Waals surface area contributed by atoms with E-state index in [1.165, 1.54) is 5.56 Å². The van der Waals surface area contributed by atoms with E-state index in [-0.39, 0.29) is 11.7 Å². The zero-order valence-electron chi connectivity index (χ0n) is 11.2. The average molecular weight is 267 g/mol. The third kappa shape index (κ3) is 2.50. The van der Waals surface area contributed by atoms with Crippen LogP contribution >= 0.6 is 0 Å². The summed E-state index contributed by atoms with van der Waals surface area (Å²) in [6.07, 6.45) is 4.21. The molecule has 1 unspecified atom stereocenters. The van der Waals surface area contributed by atoms with Crippen molar-refractivity contribution in [1.82, 2.24) is 4.98 Å². The van der Waals surface area contributed by atoms with Gasteiger partial charge in [0.1, 0.15) is 5.78 Å². The standard InChI is InChI=1S/C16H17N3O/c17-15-5-6-18-9-12(15)8-13(20)7-11-10-19-16-4-2-1-3-14(11)16/h1-6,9,11,19H,7-8,10H2,(H2,17,18). The summed E-state index contributed by atoms with van der Waals surface area (Å²) in [5, 5.41) is 3.34. The molecule has 20 heavy (non-hydrogen) atoms. The summed E-state index contributed by atoms with van der Waals surface area (Å²) in [5.74, 6) is 0.463. The van der Waals surface area contributed by atoms with Crippen LogP contribution in [0.3, 0.4) is 0 Å². The Bertz CT molecular complexity index is 639. The van der Waals surface area contributed by atoms with Crippen LogP contribution in [0.2, 0.25) is 0 Å². The molecule has 1 aromatic heterocycles. The van der Waals surface area contributed by atoms with Crippen molar-refractivity contribution in [3.05, 3.63) is 53.9 Å². The highest BCUT2D eigenvalue weighted by Gasteiger charge is 2.24. The molecular formula is C16H17N3O. The zero-order valence-corrected chi connectivity index (χ0v) is 11.2. The maximum Gasteiger partial charge on any atom is 0.138 e. The van der Waals surface area contributed by atoms with Gasteiger partial charge in [0, 0.05) is 54.6 Å². The van der Waals surface area contributed by atoms with Crippen molar-refractivity contribution in [2.24, 2.45) is 0 Å². The van der Waals surface area contributed by atoms with Gasteiger partial charge in [-0.3, -0.25) is 9.78 Å². The second kappa shape index (κ2) is 5.33. The number of benzene rings is 1. The van der Waals surface area contributed by atoms with Crippen molar-refractivity contribution in [2.75, 3.05) is 17.6 Å². The topological polar surface area (TPSA) is 68.0 Å². The van der Waals surface area contributed by atoms with Crippen molar-refractivity contribution in [3.8, 4) is 0 Å². The molecule has 1 aromatic carbocycles. The Labute approximate surface area is 118 Å². The molecule has 0 bridgehead atoms. The van der Waals surface area contributed by atoms with Crippen LogP contribution in [-0.2, 0) is 11.2 Å². The fourth-order valence-electron chi connectivity index (χ4n) is 2.68. The number of hydrogen-bond donors (Lipinski definition) is 2. The fourth-order valence-corrected chi connectivity index (χ4v) is 2.68. The van der Waals surface area contributed by atoms with Crippen LogP contribution in [0.1, 0.15) is 23.5 Å². The van der Waals surface area contributed by atoms with Gasteiger partial charge in [0.15, 0.2) is 0 Å². The number of nitrogens with one attached hydrogen (secondary N) is 1. The van der Waals surface area contributed by atoms with E-state index < -0.39 is 0 Å². The molecule has 4 nitrogen and oxygen atoms in total. The number of nitrogens with zero attached hydrogens (tertiary/aromatic N) is 1. The molecule has 0 amide bonds. The van der Waals surface area contributed by atoms with Crippen LogP contribution in [0.4, 0.5) is 11.4 Å². The van der Waals surface area contributed by atoms with Gasteiger partial charge in [-0.05, 0) is 17.7 Å². The molecular weight excluding hydrogens is 250 g/mol. The number of carbonyl (C=O) groups excluding carboxylic acids is 1. The molecule has 3 rings (SSSR count). The normalized spacial score (nSPS) is 16.5. The summed E-state index contributed by atoms with van der Waals surface area (Å²) >= 11 is 0. The molecule has 2 heterocycles. The van der Waals surface area contributed by atoms with E-state index in [0.717, 1.165) is 17.8 Å². The quantitative estimate of drug-likeness (QED) is 0.892. The van der Waals surface area contributed by atoms with Gasteiger partial charge in [0.25, 0.3) is 0 Å². The summed E-state index contributed by atoms with van der Waals surface area (Å²) < 4.78 is 0. The molecule has 0 saturated carbocycles. The zero-order chi connectivity index (χ0) is 13.9. The molecule has 1 aliphatic rings. The Hall–Kier alpha value is -2.36. The minimum atomic E-state index is 0.202. The number of rotatable bonds is 4. The molecule has 0 fully saturated rings. The summed E-state index contributed by atoms with van der Waals surface area (Å²) in [7, 11) is 0. The number of pyridine rings is 1. The lowest BCUT2D eigenvalue weighted by Gasteiger charge is -2.10. The molecule has 2 aromatic rings. The highest BCUT2D eigenvalue weighted by Crippen LogP contribution is 2.33. The van der Waals surface area contributed by atoms with E-state index in [2.05, 4.69) is 22.4 Å². The highest BCUT2D eigenvalue weighted by molar-refractivity contribution is 5.83. The number of aromatic nitrogens is 1. The predicted molar refractivity (Wildman–Crippen MR) is 79.7 cm³/mol. The van der Waals surface area contributed by atoms with Gasteiger partial charge < -0.3 is 11.1 Å². The van der Waals surface area contributed by atoms with Crippen molar-refractivity contribution in [1.29, 1.82) is 0 Å². The molecule has 102 valence electrons. The maximum absolute atomic E-state index is 12.2. The second-order valence-corrected chi connectivity index (χ2v) is 5.16. The van der Waals surface area contributed by atoms with Gasteiger partial charge in [-0.2, -0.15) is 0 Å². The molecule has 0 radical (unpaired) electrons. The number of fused-ring (bicyclic) bond motifs is 1. The Morgan fingerprint density at radius 1 is 1.35 bits per heavy atom. The number of nitrogens with two attached hydrogens (primary N) is 1. The monoisotopic (exact) mass is 267 g/mol. The van der Waals surface area contributed by atoms with Crippen molar-refractivity contribution < 1.29 is 4.79 Å².